The highest BCUT2D eigenvalue weighted by Gasteiger charge is 2.44. The lowest BCUT2D eigenvalue weighted by Crippen LogP contribution is -2.30. The van der Waals surface area contributed by atoms with Crippen LogP contribution in [0, 0.1) is 12.8 Å². The van der Waals surface area contributed by atoms with Crippen LogP contribution in [0.5, 0.6) is 5.75 Å². The number of carbonyl (C=O) groups is 1. The molecule has 0 amide bonds. The van der Waals surface area contributed by atoms with Gasteiger partial charge in [-0.25, -0.2) is 0 Å². The third-order valence-corrected chi connectivity index (χ3v) is 5.36. The standard InChI is InChI=1S/C23H27NO3/c1-6-24-21(17-11-13-19(26-4)14-12-17)16(3)20(23(25)27-5)22(24)18-9-7-15(2)8-10-18/h7-14,20,22H,6H2,1-5H3. The summed E-state index contributed by atoms with van der Waals surface area (Å²) in [5.74, 6) is 0.299. The fourth-order valence-electron chi connectivity index (χ4n) is 4.00. The van der Waals surface area contributed by atoms with Crippen molar-refractivity contribution in [2.24, 2.45) is 5.92 Å². The highest BCUT2D eigenvalue weighted by Crippen LogP contribution is 2.47. The molecule has 0 aromatic heterocycles. The normalized spacial score (nSPS) is 19.4. The molecular weight excluding hydrogens is 338 g/mol. The minimum absolute atomic E-state index is 0.0693. The summed E-state index contributed by atoms with van der Waals surface area (Å²) < 4.78 is 10.5. The summed E-state index contributed by atoms with van der Waals surface area (Å²) >= 11 is 0. The second-order valence-electron chi connectivity index (χ2n) is 6.90. The molecule has 1 aliphatic rings. The molecule has 2 unspecified atom stereocenters. The number of hydrogen-bond acceptors (Lipinski definition) is 4. The quantitative estimate of drug-likeness (QED) is 0.726. The topological polar surface area (TPSA) is 38.8 Å². The van der Waals surface area contributed by atoms with Crippen molar-refractivity contribution in [3.05, 3.63) is 70.8 Å². The second-order valence-corrected chi connectivity index (χ2v) is 6.90. The predicted molar refractivity (Wildman–Crippen MR) is 107 cm³/mol. The Kier molecular flexibility index (Phi) is 5.54. The molecule has 0 aliphatic carbocycles. The summed E-state index contributed by atoms with van der Waals surface area (Å²) in [6.07, 6.45) is 0. The lowest BCUT2D eigenvalue weighted by molar-refractivity contribution is -0.145. The highest BCUT2D eigenvalue weighted by molar-refractivity contribution is 5.84. The molecule has 0 saturated heterocycles. The average molecular weight is 365 g/mol. The van der Waals surface area contributed by atoms with Crippen LogP contribution in [0.25, 0.3) is 5.70 Å². The lowest BCUT2D eigenvalue weighted by Gasteiger charge is -2.31. The van der Waals surface area contributed by atoms with E-state index < -0.39 is 0 Å². The van der Waals surface area contributed by atoms with Crippen molar-refractivity contribution in [2.75, 3.05) is 20.8 Å². The largest absolute Gasteiger partial charge is 0.497 e. The number of nitrogens with zero attached hydrogens (tertiary/aromatic N) is 1. The van der Waals surface area contributed by atoms with Crippen molar-refractivity contribution < 1.29 is 14.3 Å². The Bertz CT molecular complexity index is 837. The van der Waals surface area contributed by atoms with Crippen LogP contribution >= 0.6 is 0 Å². The molecule has 2 aromatic rings. The number of carbonyl (C=O) groups excluding carboxylic acids is 1. The van der Waals surface area contributed by atoms with Crippen molar-refractivity contribution in [1.29, 1.82) is 0 Å². The minimum Gasteiger partial charge on any atom is -0.497 e. The Morgan fingerprint density at radius 1 is 1.00 bits per heavy atom. The van der Waals surface area contributed by atoms with Crippen molar-refractivity contribution in [3.8, 4) is 5.75 Å². The molecule has 1 aliphatic heterocycles. The van der Waals surface area contributed by atoms with Gasteiger partial charge in [-0.3, -0.25) is 4.79 Å². The fourth-order valence-corrected chi connectivity index (χ4v) is 4.00. The first-order valence-corrected chi connectivity index (χ1v) is 9.28. The van der Waals surface area contributed by atoms with Gasteiger partial charge in [0.25, 0.3) is 0 Å². The summed E-state index contributed by atoms with van der Waals surface area (Å²) in [5.41, 5.74) is 5.55. The molecule has 3 rings (SSSR count). The second kappa shape index (κ2) is 7.87. The van der Waals surface area contributed by atoms with Gasteiger partial charge in [0.2, 0.25) is 0 Å². The van der Waals surface area contributed by atoms with Gasteiger partial charge in [-0.1, -0.05) is 29.8 Å². The maximum Gasteiger partial charge on any atom is 0.315 e. The van der Waals surface area contributed by atoms with Crippen LogP contribution in [-0.2, 0) is 9.53 Å². The molecule has 4 nitrogen and oxygen atoms in total. The SMILES string of the molecule is CCN1C(c2ccc(OC)cc2)=C(C)C(C(=O)OC)C1c1ccc(C)cc1. The fraction of sp³-hybridized carbons (Fsp3) is 0.348. The molecule has 4 heteroatoms. The van der Waals surface area contributed by atoms with Crippen molar-refractivity contribution in [1.82, 2.24) is 4.90 Å². The van der Waals surface area contributed by atoms with E-state index in [1.165, 1.54) is 12.7 Å². The lowest BCUT2D eigenvalue weighted by atomic mass is 9.89. The maximum atomic E-state index is 12.7. The van der Waals surface area contributed by atoms with Crippen LogP contribution in [0.1, 0.15) is 36.6 Å². The van der Waals surface area contributed by atoms with Crippen LogP contribution < -0.4 is 4.74 Å². The first-order valence-electron chi connectivity index (χ1n) is 9.28. The molecule has 0 N–H and O–H groups in total. The Morgan fingerprint density at radius 3 is 2.15 bits per heavy atom. The Balaban J connectivity index is 2.11. The van der Waals surface area contributed by atoms with Gasteiger partial charge in [0, 0.05) is 12.2 Å². The molecule has 0 saturated carbocycles. The van der Waals surface area contributed by atoms with E-state index in [1.807, 2.05) is 31.2 Å². The van der Waals surface area contributed by atoms with Gasteiger partial charge >= 0.3 is 5.97 Å². The number of esters is 1. The van der Waals surface area contributed by atoms with E-state index in [0.717, 1.165) is 34.7 Å². The van der Waals surface area contributed by atoms with Gasteiger partial charge < -0.3 is 14.4 Å². The van der Waals surface area contributed by atoms with E-state index in [-0.39, 0.29) is 17.9 Å². The highest BCUT2D eigenvalue weighted by atomic mass is 16.5. The molecule has 0 fully saturated rings. The van der Waals surface area contributed by atoms with Crippen molar-refractivity contribution >= 4 is 11.7 Å². The predicted octanol–water partition coefficient (Wildman–Crippen LogP) is 4.60. The van der Waals surface area contributed by atoms with E-state index in [9.17, 15) is 4.79 Å². The molecule has 0 bridgehead atoms. The monoisotopic (exact) mass is 365 g/mol. The van der Waals surface area contributed by atoms with Crippen molar-refractivity contribution in [3.63, 3.8) is 0 Å². The summed E-state index contributed by atoms with van der Waals surface area (Å²) in [6, 6.07) is 16.4. The van der Waals surface area contributed by atoms with Crippen LogP contribution in [0.3, 0.4) is 0 Å². The third-order valence-electron chi connectivity index (χ3n) is 5.36. The summed E-state index contributed by atoms with van der Waals surface area (Å²) in [7, 11) is 3.12. The molecule has 27 heavy (non-hydrogen) atoms. The smallest absolute Gasteiger partial charge is 0.315 e. The zero-order valence-corrected chi connectivity index (χ0v) is 16.7. The van der Waals surface area contributed by atoms with Crippen LogP contribution in [0.4, 0.5) is 0 Å². The third kappa shape index (κ3) is 3.44. The van der Waals surface area contributed by atoms with E-state index in [1.54, 1.807) is 7.11 Å². The number of ether oxygens (including phenoxy) is 2. The molecule has 2 aromatic carbocycles. The van der Waals surface area contributed by atoms with E-state index in [4.69, 9.17) is 9.47 Å². The zero-order valence-electron chi connectivity index (χ0n) is 16.7. The summed E-state index contributed by atoms with van der Waals surface area (Å²) in [5, 5.41) is 0. The maximum absolute atomic E-state index is 12.7. The van der Waals surface area contributed by atoms with Gasteiger partial charge in [-0.2, -0.15) is 0 Å². The Morgan fingerprint density at radius 2 is 1.63 bits per heavy atom. The first kappa shape index (κ1) is 19.0. The van der Waals surface area contributed by atoms with Gasteiger partial charge in [0.05, 0.1) is 20.3 Å². The number of rotatable bonds is 5. The van der Waals surface area contributed by atoms with Gasteiger partial charge in [0.1, 0.15) is 11.7 Å². The zero-order chi connectivity index (χ0) is 19.6. The summed E-state index contributed by atoms with van der Waals surface area (Å²) in [6.45, 7) is 7.03. The van der Waals surface area contributed by atoms with Crippen LogP contribution in [-0.4, -0.2) is 31.6 Å². The molecule has 142 valence electrons. The molecule has 1 heterocycles. The number of methoxy groups -OCH3 is 2. The summed E-state index contributed by atoms with van der Waals surface area (Å²) in [4.78, 5) is 15.0. The molecular formula is C23H27NO3. The van der Waals surface area contributed by atoms with Crippen LogP contribution in [0.15, 0.2) is 54.1 Å². The Labute approximate surface area is 161 Å². The van der Waals surface area contributed by atoms with Crippen molar-refractivity contribution in [2.45, 2.75) is 26.8 Å². The Hall–Kier alpha value is -2.75. The first-order chi connectivity index (χ1) is 13.0. The number of benzene rings is 2. The van der Waals surface area contributed by atoms with Crippen LogP contribution in [0.2, 0.25) is 0 Å². The molecule has 0 spiro atoms. The van der Waals surface area contributed by atoms with E-state index >= 15 is 0 Å². The van der Waals surface area contributed by atoms with Gasteiger partial charge in [0.15, 0.2) is 0 Å². The molecule has 2 atom stereocenters. The number of aryl methyl sites for hydroxylation is 1. The van der Waals surface area contributed by atoms with Gasteiger partial charge in [-0.05, 0) is 61.7 Å². The van der Waals surface area contributed by atoms with Gasteiger partial charge in [-0.15, -0.1) is 0 Å². The average Bonchev–Trinajstić information content (AvgIpc) is 3.00. The minimum atomic E-state index is -0.324. The molecule has 0 radical (unpaired) electrons. The van der Waals surface area contributed by atoms with E-state index in [2.05, 4.69) is 43.0 Å². The number of hydrogen-bond donors (Lipinski definition) is 0. The van der Waals surface area contributed by atoms with E-state index in [0.29, 0.717) is 0 Å².